The molecule has 1 aromatic rings. The molecule has 0 saturated carbocycles. The van der Waals surface area contributed by atoms with Crippen molar-refractivity contribution in [3.8, 4) is 0 Å². The normalized spacial score (nSPS) is 25.5. The highest BCUT2D eigenvalue weighted by Crippen LogP contribution is 2.38. The SMILES string of the molecule is C/C=C/C1(CO)CCCc2ccccc21. The van der Waals surface area contributed by atoms with Gasteiger partial charge in [0.2, 0.25) is 0 Å². The Morgan fingerprint density at radius 3 is 2.93 bits per heavy atom. The molecule has 15 heavy (non-hydrogen) atoms. The van der Waals surface area contributed by atoms with E-state index in [9.17, 15) is 5.11 Å². The molecule has 0 amide bonds. The highest BCUT2D eigenvalue weighted by Gasteiger charge is 2.32. The van der Waals surface area contributed by atoms with E-state index in [0.717, 1.165) is 12.8 Å². The minimum absolute atomic E-state index is 0.121. The van der Waals surface area contributed by atoms with Crippen molar-refractivity contribution in [1.29, 1.82) is 0 Å². The van der Waals surface area contributed by atoms with E-state index in [-0.39, 0.29) is 12.0 Å². The summed E-state index contributed by atoms with van der Waals surface area (Å²) in [7, 11) is 0. The summed E-state index contributed by atoms with van der Waals surface area (Å²) in [6.45, 7) is 2.24. The Labute approximate surface area is 91.4 Å². The van der Waals surface area contributed by atoms with E-state index in [4.69, 9.17) is 0 Å². The van der Waals surface area contributed by atoms with Crippen LogP contribution >= 0.6 is 0 Å². The Hall–Kier alpha value is -1.08. The zero-order valence-electron chi connectivity index (χ0n) is 9.24. The molecule has 1 N–H and O–H groups in total. The van der Waals surface area contributed by atoms with Gasteiger partial charge >= 0.3 is 0 Å². The van der Waals surface area contributed by atoms with Crippen LogP contribution in [0.15, 0.2) is 36.4 Å². The third-order valence-electron chi connectivity index (χ3n) is 3.39. The zero-order chi connectivity index (χ0) is 10.7. The van der Waals surface area contributed by atoms with Gasteiger partial charge in [-0.2, -0.15) is 0 Å². The van der Waals surface area contributed by atoms with Gasteiger partial charge in [0.25, 0.3) is 0 Å². The van der Waals surface area contributed by atoms with Crippen molar-refractivity contribution in [3.63, 3.8) is 0 Å². The molecule has 0 spiro atoms. The number of hydrogen-bond donors (Lipinski definition) is 1. The van der Waals surface area contributed by atoms with E-state index >= 15 is 0 Å². The number of aryl methyl sites for hydroxylation is 1. The van der Waals surface area contributed by atoms with E-state index in [0.29, 0.717) is 0 Å². The van der Waals surface area contributed by atoms with Gasteiger partial charge in [-0.15, -0.1) is 0 Å². The summed E-state index contributed by atoms with van der Waals surface area (Å²) in [5.41, 5.74) is 2.59. The smallest absolute Gasteiger partial charge is 0.0562 e. The molecule has 1 aliphatic carbocycles. The van der Waals surface area contributed by atoms with Crippen LogP contribution in [0.5, 0.6) is 0 Å². The van der Waals surface area contributed by atoms with E-state index in [1.54, 1.807) is 0 Å². The molecule has 1 aliphatic rings. The van der Waals surface area contributed by atoms with Crippen LogP contribution in [0.1, 0.15) is 30.9 Å². The summed E-state index contributed by atoms with van der Waals surface area (Å²) in [6, 6.07) is 8.49. The van der Waals surface area contributed by atoms with Crippen LogP contribution in [0.4, 0.5) is 0 Å². The molecule has 0 radical (unpaired) electrons. The van der Waals surface area contributed by atoms with Gasteiger partial charge in [-0.05, 0) is 37.3 Å². The van der Waals surface area contributed by atoms with Gasteiger partial charge in [0.15, 0.2) is 0 Å². The predicted molar refractivity (Wildman–Crippen MR) is 63.0 cm³/mol. The highest BCUT2D eigenvalue weighted by molar-refractivity contribution is 5.40. The van der Waals surface area contributed by atoms with Crippen molar-refractivity contribution in [3.05, 3.63) is 47.5 Å². The molecule has 0 aliphatic heterocycles. The maximum absolute atomic E-state index is 9.67. The van der Waals surface area contributed by atoms with Crippen molar-refractivity contribution >= 4 is 0 Å². The molecule has 0 saturated heterocycles. The first-order valence-corrected chi connectivity index (χ1v) is 5.65. The molecule has 1 heteroatoms. The lowest BCUT2D eigenvalue weighted by atomic mass is 9.70. The number of allylic oxidation sites excluding steroid dienone is 1. The molecule has 0 heterocycles. The first-order chi connectivity index (χ1) is 7.32. The van der Waals surface area contributed by atoms with Gasteiger partial charge in [-0.1, -0.05) is 36.4 Å². The largest absolute Gasteiger partial charge is 0.395 e. The van der Waals surface area contributed by atoms with E-state index in [1.807, 2.05) is 6.92 Å². The summed E-state index contributed by atoms with van der Waals surface area (Å²) in [5, 5.41) is 9.67. The standard InChI is InChI=1S/C14H18O/c1-2-9-14(11-15)10-5-7-12-6-3-4-8-13(12)14/h2-4,6,8-9,15H,5,7,10-11H2,1H3/b9-2+. The number of aliphatic hydroxyl groups excluding tert-OH is 1. The molecular formula is C14H18O. The third-order valence-corrected chi connectivity index (χ3v) is 3.39. The fraction of sp³-hybridized carbons (Fsp3) is 0.429. The van der Waals surface area contributed by atoms with Crippen LogP contribution in [-0.2, 0) is 11.8 Å². The average Bonchev–Trinajstić information content (AvgIpc) is 2.30. The molecule has 80 valence electrons. The van der Waals surface area contributed by atoms with E-state index in [1.165, 1.54) is 17.5 Å². The Kier molecular flexibility index (Phi) is 2.92. The van der Waals surface area contributed by atoms with Crippen LogP contribution in [0.25, 0.3) is 0 Å². The summed E-state index contributed by atoms with van der Waals surface area (Å²) in [6.07, 6.45) is 7.59. The lowest BCUT2D eigenvalue weighted by molar-refractivity contribution is 0.208. The monoisotopic (exact) mass is 202 g/mol. The van der Waals surface area contributed by atoms with E-state index in [2.05, 4.69) is 36.4 Å². The Balaban J connectivity index is 2.51. The fourth-order valence-corrected chi connectivity index (χ4v) is 2.66. The lowest BCUT2D eigenvalue weighted by Crippen LogP contribution is -2.32. The van der Waals surface area contributed by atoms with Gasteiger partial charge in [0.1, 0.15) is 0 Å². The van der Waals surface area contributed by atoms with Crippen molar-refractivity contribution in [1.82, 2.24) is 0 Å². The van der Waals surface area contributed by atoms with Crippen LogP contribution in [-0.4, -0.2) is 11.7 Å². The van der Waals surface area contributed by atoms with Crippen molar-refractivity contribution in [2.45, 2.75) is 31.6 Å². The second-order valence-electron chi connectivity index (χ2n) is 4.32. The van der Waals surface area contributed by atoms with Gasteiger partial charge in [0.05, 0.1) is 6.61 Å². The quantitative estimate of drug-likeness (QED) is 0.731. The number of benzene rings is 1. The minimum Gasteiger partial charge on any atom is -0.395 e. The summed E-state index contributed by atoms with van der Waals surface area (Å²) in [5.74, 6) is 0. The predicted octanol–water partition coefficient (Wildman–Crippen LogP) is 2.83. The highest BCUT2D eigenvalue weighted by atomic mass is 16.3. The number of rotatable bonds is 2. The lowest BCUT2D eigenvalue weighted by Gasteiger charge is -2.35. The molecule has 0 aromatic heterocycles. The Bertz CT molecular complexity index is 367. The first kappa shape index (κ1) is 10.4. The molecule has 1 atom stereocenters. The molecule has 0 fully saturated rings. The minimum atomic E-state index is -0.121. The van der Waals surface area contributed by atoms with Crippen LogP contribution < -0.4 is 0 Å². The second-order valence-corrected chi connectivity index (χ2v) is 4.32. The van der Waals surface area contributed by atoms with Gasteiger partial charge in [-0.3, -0.25) is 0 Å². The summed E-state index contributed by atoms with van der Waals surface area (Å²) in [4.78, 5) is 0. The maximum Gasteiger partial charge on any atom is 0.0562 e. The Morgan fingerprint density at radius 2 is 2.20 bits per heavy atom. The average molecular weight is 202 g/mol. The zero-order valence-corrected chi connectivity index (χ0v) is 9.24. The first-order valence-electron chi connectivity index (χ1n) is 5.65. The topological polar surface area (TPSA) is 20.2 Å². The van der Waals surface area contributed by atoms with Crippen molar-refractivity contribution < 1.29 is 5.11 Å². The molecule has 1 unspecified atom stereocenters. The number of fused-ring (bicyclic) bond motifs is 1. The molecule has 1 nitrogen and oxygen atoms in total. The number of aliphatic hydroxyl groups is 1. The summed E-state index contributed by atoms with van der Waals surface area (Å²) < 4.78 is 0. The van der Waals surface area contributed by atoms with Crippen molar-refractivity contribution in [2.75, 3.05) is 6.61 Å². The van der Waals surface area contributed by atoms with Crippen LogP contribution in [0.3, 0.4) is 0 Å². The maximum atomic E-state index is 9.67. The van der Waals surface area contributed by atoms with Gasteiger partial charge in [0, 0.05) is 5.41 Å². The van der Waals surface area contributed by atoms with Gasteiger partial charge < -0.3 is 5.11 Å². The van der Waals surface area contributed by atoms with Crippen LogP contribution in [0.2, 0.25) is 0 Å². The molecular weight excluding hydrogens is 184 g/mol. The van der Waals surface area contributed by atoms with E-state index < -0.39 is 0 Å². The Morgan fingerprint density at radius 1 is 1.40 bits per heavy atom. The molecule has 0 bridgehead atoms. The third kappa shape index (κ3) is 1.72. The number of hydrogen-bond acceptors (Lipinski definition) is 1. The summed E-state index contributed by atoms with van der Waals surface area (Å²) >= 11 is 0. The second kappa shape index (κ2) is 4.19. The van der Waals surface area contributed by atoms with Crippen LogP contribution in [0, 0.1) is 0 Å². The van der Waals surface area contributed by atoms with Crippen molar-refractivity contribution in [2.24, 2.45) is 0 Å². The molecule has 2 rings (SSSR count). The molecule has 1 aromatic carbocycles. The van der Waals surface area contributed by atoms with Gasteiger partial charge in [-0.25, -0.2) is 0 Å². The fourth-order valence-electron chi connectivity index (χ4n) is 2.66.